The van der Waals surface area contributed by atoms with E-state index in [-0.39, 0.29) is 38.1 Å². The van der Waals surface area contributed by atoms with Crippen LogP contribution in [0, 0.1) is 11.8 Å². The van der Waals surface area contributed by atoms with E-state index >= 15 is 0 Å². The van der Waals surface area contributed by atoms with Crippen LogP contribution in [0.5, 0.6) is 0 Å². The average molecular weight is 375 g/mol. The quantitative estimate of drug-likeness (QED) is 0.801. The highest BCUT2D eigenvalue weighted by Crippen LogP contribution is 2.36. The molecule has 2 N–H and O–H groups in total. The molecule has 4 nitrogen and oxygen atoms in total. The van der Waals surface area contributed by atoms with Gasteiger partial charge in [-0.15, -0.1) is 0 Å². The lowest BCUT2D eigenvalue weighted by Gasteiger charge is -2.27. The molecule has 0 saturated heterocycles. The van der Waals surface area contributed by atoms with Crippen molar-refractivity contribution in [3.05, 3.63) is 48.0 Å². The molecule has 0 heterocycles. The molecule has 1 aliphatic rings. The van der Waals surface area contributed by atoms with E-state index in [1.165, 1.54) is 0 Å². The van der Waals surface area contributed by atoms with Gasteiger partial charge in [-0.3, -0.25) is 9.59 Å². The summed E-state index contributed by atoms with van der Waals surface area (Å²) in [5, 5.41) is 14.3. The maximum Gasteiger partial charge on any atom is 0.308 e. The number of hydrogen-bond acceptors (Lipinski definition) is 2. The van der Waals surface area contributed by atoms with Gasteiger partial charge in [0.05, 0.1) is 5.92 Å². The molecule has 0 aromatic heterocycles. The summed E-state index contributed by atoms with van der Waals surface area (Å²) in [5.74, 6) is -5.22. The van der Waals surface area contributed by atoms with E-state index in [2.05, 4.69) is 5.32 Å². The van der Waals surface area contributed by atoms with Gasteiger partial charge in [-0.25, -0.2) is 8.78 Å². The number of carbonyl (C=O) groups excluding carboxylic acids is 1. The maximum absolute atomic E-state index is 13.2. The molecule has 27 heavy (non-hydrogen) atoms. The second kappa shape index (κ2) is 8.03. The average Bonchev–Trinajstić information content (AvgIpc) is 2.64. The van der Waals surface area contributed by atoms with Crippen molar-refractivity contribution < 1.29 is 23.5 Å². The molecule has 144 valence electrons. The third kappa shape index (κ3) is 5.02. The standard InChI is InChI=1S/C21H23F2NO3/c22-21(23)9-7-16(8-10-21)19(25)24-13-18(20(26)27)12-14-5-6-15-3-1-2-4-17(15)11-14/h1-6,11,16,18H,7-10,12-13H2,(H,24,25)(H,26,27). The number of amides is 1. The number of halogens is 2. The normalized spacial score (nSPS) is 18.1. The smallest absolute Gasteiger partial charge is 0.308 e. The Kier molecular flexibility index (Phi) is 5.73. The van der Waals surface area contributed by atoms with Crippen molar-refractivity contribution in [3.8, 4) is 0 Å². The first-order chi connectivity index (χ1) is 12.8. The van der Waals surface area contributed by atoms with E-state index in [0.717, 1.165) is 16.3 Å². The largest absolute Gasteiger partial charge is 0.481 e. The van der Waals surface area contributed by atoms with Gasteiger partial charge in [0.1, 0.15) is 0 Å². The van der Waals surface area contributed by atoms with E-state index < -0.39 is 23.7 Å². The number of alkyl halides is 2. The fourth-order valence-corrected chi connectivity index (χ4v) is 3.57. The lowest BCUT2D eigenvalue weighted by atomic mass is 9.86. The Labute approximate surface area is 156 Å². The van der Waals surface area contributed by atoms with Crippen LogP contribution >= 0.6 is 0 Å². The summed E-state index contributed by atoms with van der Waals surface area (Å²) in [6.07, 6.45) is 0.000742. The lowest BCUT2D eigenvalue weighted by Crippen LogP contribution is -2.40. The zero-order valence-electron chi connectivity index (χ0n) is 15.0. The Hall–Kier alpha value is -2.50. The second-order valence-electron chi connectivity index (χ2n) is 7.30. The van der Waals surface area contributed by atoms with Crippen molar-refractivity contribution in [2.75, 3.05) is 6.54 Å². The summed E-state index contributed by atoms with van der Waals surface area (Å²) in [6, 6.07) is 13.6. The number of hydrogen-bond donors (Lipinski definition) is 2. The SMILES string of the molecule is O=C(O)C(CNC(=O)C1CCC(F)(F)CC1)Cc1ccc2ccccc2c1. The van der Waals surface area contributed by atoms with E-state index in [1.54, 1.807) is 0 Å². The van der Waals surface area contributed by atoms with E-state index in [4.69, 9.17) is 0 Å². The molecule has 0 aliphatic heterocycles. The molecule has 1 saturated carbocycles. The molecule has 1 unspecified atom stereocenters. The topological polar surface area (TPSA) is 66.4 Å². The molecule has 0 radical (unpaired) electrons. The van der Waals surface area contributed by atoms with Crippen molar-refractivity contribution in [2.24, 2.45) is 11.8 Å². The van der Waals surface area contributed by atoms with Crippen LogP contribution in [0.4, 0.5) is 8.78 Å². The number of aliphatic carboxylic acids is 1. The highest BCUT2D eigenvalue weighted by atomic mass is 19.3. The highest BCUT2D eigenvalue weighted by molar-refractivity contribution is 5.83. The van der Waals surface area contributed by atoms with E-state index in [1.807, 2.05) is 42.5 Å². The molecule has 6 heteroatoms. The maximum atomic E-state index is 13.2. The molecular weight excluding hydrogens is 352 g/mol. The first-order valence-electron chi connectivity index (χ1n) is 9.20. The fraction of sp³-hybridized carbons (Fsp3) is 0.429. The Morgan fingerprint density at radius 3 is 2.44 bits per heavy atom. The molecule has 1 fully saturated rings. The van der Waals surface area contributed by atoms with Gasteiger partial charge in [0.15, 0.2) is 0 Å². The van der Waals surface area contributed by atoms with Gasteiger partial charge in [-0.1, -0.05) is 42.5 Å². The van der Waals surface area contributed by atoms with Crippen molar-refractivity contribution in [1.29, 1.82) is 0 Å². The molecule has 3 rings (SSSR count). The predicted molar refractivity (Wildman–Crippen MR) is 98.7 cm³/mol. The number of benzene rings is 2. The van der Waals surface area contributed by atoms with Gasteiger partial charge >= 0.3 is 5.97 Å². The third-order valence-corrected chi connectivity index (χ3v) is 5.26. The Morgan fingerprint density at radius 1 is 1.11 bits per heavy atom. The first-order valence-corrected chi connectivity index (χ1v) is 9.20. The van der Waals surface area contributed by atoms with Crippen LogP contribution in [0.3, 0.4) is 0 Å². The van der Waals surface area contributed by atoms with Crippen LogP contribution in [0.2, 0.25) is 0 Å². The van der Waals surface area contributed by atoms with Crippen molar-refractivity contribution in [2.45, 2.75) is 38.0 Å². The van der Waals surface area contributed by atoms with Crippen molar-refractivity contribution >= 4 is 22.6 Å². The van der Waals surface area contributed by atoms with Gasteiger partial charge in [0.25, 0.3) is 0 Å². The number of carbonyl (C=O) groups is 2. The van der Waals surface area contributed by atoms with Crippen LogP contribution in [-0.2, 0) is 16.0 Å². The number of carboxylic acid groups (broad SMARTS) is 1. The number of rotatable bonds is 6. The minimum Gasteiger partial charge on any atom is -0.481 e. The molecular formula is C21H23F2NO3. The minimum atomic E-state index is -2.68. The summed E-state index contributed by atoms with van der Waals surface area (Å²) in [7, 11) is 0. The highest BCUT2D eigenvalue weighted by Gasteiger charge is 2.37. The summed E-state index contributed by atoms with van der Waals surface area (Å²) in [6.45, 7) is -0.00607. The van der Waals surface area contributed by atoms with E-state index in [9.17, 15) is 23.5 Å². The summed E-state index contributed by atoms with van der Waals surface area (Å²) >= 11 is 0. The lowest BCUT2D eigenvalue weighted by molar-refractivity contribution is -0.141. The van der Waals surface area contributed by atoms with Crippen LogP contribution in [-0.4, -0.2) is 29.5 Å². The number of fused-ring (bicyclic) bond motifs is 1. The van der Waals surface area contributed by atoms with Gasteiger partial charge in [-0.2, -0.15) is 0 Å². The van der Waals surface area contributed by atoms with Crippen LogP contribution in [0.15, 0.2) is 42.5 Å². The Bertz CT molecular complexity index is 827. The zero-order valence-corrected chi connectivity index (χ0v) is 15.0. The third-order valence-electron chi connectivity index (χ3n) is 5.26. The van der Waals surface area contributed by atoms with E-state index in [0.29, 0.717) is 6.42 Å². The minimum absolute atomic E-state index is 0.00607. The van der Waals surface area contributed by atoms with Crippen molar-refractivity contribution in [1.82, 2.24) is 5.32 Å². The molecule has 2 aromatic carbocycles. The monoisotopic (exact) mass is 375 g/mol. The van der Waals surface area contributed by atoms with Gasteiger partial charge < -0.3 is 10.4 Å². The Morgan fingerprint density at radius 2 is 1.78 bits per heavy atom. The van der Waals surface area contributed by atoms with Crippen LogP contribution in [0.25, 0.3) is 10.8 Å². The number of nitrogens with one attached hydrogen (secondary N) is 1. The van der Waals surface area contributed by atoms with Gasteiger partial charge in [0.2, 0.25) is 11.8 Å². The van der Waals surface area contributed by atoms with Gasteiger partial charge in [-0.05, 0) is 35.6 Å². The molecule has 2 aromatic rings. The molecule has 0 bridgehead atoms. The first kappa shape index (κ1) is 19.3. The zero-order chi connectivity index (χ0) is 19.4. The number of carboxylic acids is 1. The summed E-state index contributed by atoms with van der Waals surface area (Å²) in [5.41, 5.74) is 0.882. The predicted octanol–water partition coefficient (Wildman–Crippen LogP) is 4.02. The molecule has 1 amide bonds. The molecule has 1 aliphatic carbocycles. The Balaban J connectivity index is 1.58. The van der Waals surface area contributed by atoms with Crippen LogP contribution < -0.4 is 5.32 Å². The van der Waals surface area contributed by atoms with Crippen LogP contribution in [0.1, 0.15) is 31.2 Å². The second-order valence-corrected chi connectivity index (χ2v) is 7.30. The summed E-state index contributed by atoms with van der Waals surface area (Å²) < 4.78 is 26.4. The van der Waals surface area contributed by atoms with Crippen molar-refractivity contribution in [3.63, 3.8) is 0 Å². The van der Waals surface area contributed by atoms with Gasteiger partial charge in [0, 0.05) is 25.3 Å². The fourth-order valence-electron chi connectivity index (χ4n) is 3.57. The molecule has 1 atom stereocenters. The summed E-state index contributed by atoms with van der Waals surface area (Å²) in [4.78, 5) is 23.8. The molecule has 0 spiro atoms.